The first-order valence-corrected chi connectivity index (χ1v) is 10.0. The van der Waals surface area contributed by atoms with Gasteiger partial charge in [0.1, 0.15) is 0 Å². The van der Waals surface area contributed by atoms with E-state index in [9.17, 15) is 19.8 Å². The summed E-state index contributed by atoms with van der Waals surface area (Å²) in [5.41, 5.74) is -0.0698. The van der Waals surface area contributed by atoms with Crippen molar-refractivity contribution in [3.63, 3.8) is 0 Å². The minimum atomic E-state index is -1.07. The SMILES string of the molecule is C=C1CCC2C(C)(C)C(O)CCC2(C)C1CC12OC1C(=O)C(CO)=CC2=O. The molecule has 0 aromatic heterocycles. The van der Waals surface area contributed by atoms with Crippen molar-refractivity contribution in [1.82, 2.24) is 0 Å². The standard InChI is InChI=1S/C22H30O5/c1-12-5-6-15-20(2,3)16(24)7-8-21(15,4)14(12)10-22-17(25)9-13(11-23)18(26)19(22)27-22/h9,14-16,19,23-24H,1,5-8,10-11H2,2-4H3. The molecule has 4 aliphatic rings. The number of Topliss-reactive ketones (excluding diaryl/α,β-unsaturated/α-hetero) is 1. The molecule has 0 bridgehead atoms. The fraction of sp³-hybridized carbons (Fsp3) is 0.727. The number of carbonyl (C=O) groups is 2. The lowest BCUT2D eigenvalue weighted by Crippen LogP contribution is -2.55. The maximum atomic E-state index is 12.8. The van der Waals surface area contributed by atoms with Gasteiger partial charge in [0.2, 0.25) is 0 Å². The Hall–Kier alpha value is -1.30. The summed E-state index contributed by atoms with van der Waals surface area (Å²) in [4.78, 5) is 25.2. The number of aliphatic hydroxyl groups is 2. The summed E-state index contributed by atoms with van der Waals surface area (Å²) in [5.74, 6) is -0.0611. The third-order valence-electron chi connectivity index (χ3n) is 8.20. The molecule has 148 valence electrons. The zero-order valence-corrected chi connectivity index (χ0v) is 16.5. The number of hydrogen-bond acceptors (Lipinski definition) is 5. The molecule has 0 aromatic rings. The average Bonchev–Trinajstić information content (AvgIpc) is 3.35. The van der Waals surface area contributed by atoms with E-state index in [1.165, 1.54) is 6.08 Å². The summed E-state index contributed by atoms with van der Waals surface area (Å²) >= 11 is 0. The van der Waals surface area contributed by atoms with Gasteiger partial charge in [-0.3, -0.25) is 9.59 Å². The van der Waals surface area contributed by atoms with Crippen molar-refractivity contribution >= 4 is 11.6 Å². The van der Waals surface area contributed by atoms with Crippen molar-refractivity contribution in [2.45, 2.75) is 70.7 Å². The fourth-order valence-corrected chi connectivity index (χ4v) is 6.37. The second-order valence-electron chi connectivity index (χ2n) is 9.83. The Kier molecular flexibility index (Phi) is 4.12. The number of fused-ring (bicyclic) bond motifs is 2. The van der Waals surface area contributed by atoms with Gasteiger partial charge >= 0.3 is 0 Å². The van der Waals surface area contributed by atoms with Gasteiger partial charge in [0, 0.05) is 5.57 Å². The molecule has 6 unspecified atom stereocenters. The first-order valence-electron chi connectivity index (χ1n) is 10.0. The predicted octanol–water partition coefficient (Wildman–Crippen LogP) is 2.35. The van der Waals surface area contributed by atoms with Crippen LogP contribution < -0.4 is 0 Å². The quantitative estimate of drug-likeness (QED) is 0.585. The number of epoxide rings is 1. The van der Waals surface area contributed by atoms with Crippen molar-refractivity contribution in [2.75, 3.05) is 6.61 Å². The predicted molar refractivity (Wildman–Crippen MR) is 99.9 cm³/mol. The first kappa shape index (κ1) is 19.0. The lowest BCUT2D eigenvalue weighted by Gasteiger charge is -2.59. The second-order valence-corrected chi connectivity index (χ2v) is 9.83. The smallest absolute Gasteiger partial charge is 0.193 e. The molecule has 0 amide bonds. The molecule has 3 aliphatic carbocycles. The van der Waals surface area contributed by atoms with Crippen LogP contribution in [-0.4, -0.2) is 46.2 Å². The third-order valence-corrected chi connectivity index (χ3v) is 8.20. The highest BCUT2D eigenvalue weighted by atomic mass is 16.6. The Morgan fingerprint density at radius 3 is 2.63 bits per heavy atom. The van der Waals surface area contributed by atoms with Crippen LogP contribution in [0.15, 0.2) is 23.8 Å². The summed E-state index contributed by atoms with van der Waals surface area (Å²) in [6.07, 6.45) is 4.15. The number of allylic oxidation sites excluding steroid dienone is 1. The van der Waals surface area contributed by atoms with Crippen LogP contribution >= 0.6 is 0 Å². The number of ether oxygens (including phenoxy) is 1. The molecule has 4 rings (SSSR count). The van der Waals surface area contributed by atoms with Gasteiger partial charge in [-0.05, 0) is 60.8 Å². The van der Waals surface area contributed by atoms with Crippen LogP contribution in [0.4, 0.5) is 0 Å². The highest BCUT2D eigenvalue weighted by Gasteiger charge is 2.69. The molecule has 1 heterocycles. The molecular weight excluding hydrogens is 344 g/mol. The first-order chi connectivity index (χ1) is 12.6. The monoisotopic (exact) mass is 374 g/mol. The van der Waals surface area contributed by atoms with Crippen LogP contribution in [0.1, 0.15) is 52.9 Å². The van der Waals surface area contributed by atoms with Crippen LogP contribution in [0.3, 0.4) is 0 Å². The molecule has 2 saturated carbocycles. The highest BCUT2D eigenvalue weighted by Crippen LogP contribution is 2.64. The topological polar surface area (TPSA) is 87.1 Å². The minimum Gasteiger partial charge on any atom is -0.393 e. The number of rotatable bonds is 3. The lowest BCUT2D eigenvalue weighted by molar-refractivity contribution is -0.133. The molecule has 5 nitrogen and oxygen atoms in total. The van der Waals surface area contributed by atoms with Crippen molar-refractivity contribution in [2.24, 2.45) is 22.7 Å². The Morgan fingerprint density at radius 1 is 1.26 bits per heavy atom. The van der Waals surface area contributed by atoms with E-state index in [1.54, 1.807) is 0 Å². The largest absolute Gasteiger partial charge is 0.393 e. The Balaban J connectivity index is 1.66. The number of aliphatic hydroxyl groups excluding tert-OH is 2. The normalized spacial score (nSPS) is 45.8. The van der Waals surface area contributed by atoms with Crippen LogP contribution in [0.5, 0.6) is 0 Å². The molecule has 5 heteroatoms. The number of hydrogen-bond donors (Lipinski definition) is 2. The molecule has 1 aliphatic heterocycles. The number of ketones is 2. The summed E-state index contributed by atoms with van der Waals surface area (Å²) in [7, 11) is 0. The van der Waals surface area contributed by atoms with Crippen LogP contribution in [0, 0.1) is 22.7 Å². The van der Waals surface area contributed by atoms with Gasteiger partial charge in [0.05, 0.1) is 12.7 Å². The van der Waals surface area contributed by atoms with Crippen molar-refractivity contribution in [1.29, 1.82) is 0 Å². The van der Waals surface area contributed by atoms with E-state index in [4.69, 9.17) is 4.74 Å². The van der Waals surface area contributed by atoms with Gasteiger partial charge in [-0.1, -0.05) is 32.9 Å². The lowest BCUT2D eigenvalue weighted by atomic mass is 9.46. The van der Waals surface area contributed by atoms with Crippen molar-refractivity contribution in [3.8, 4) is 0 Å². The maximum absolute atomic E-state index is 12.8. The van der Waals surface area contributed by atoms with E-state index in [-0.39, 0.29) is 40.0 Å². The van der Waals surface area contributed by atoms with Crippen LogP contribution in [-0.2, 0) is 14.3 Å². The van der Waals surface area contributed by atoms with E-state index in [0.29, 0.717) is 12.3 Å². The summed E-state index contributed by atoms with van der Waals surface area (Å²) < 4.78 is 5.72. The van der Waals surface area contributed by atoms with Crippen molar-refractivity contribution < 1.29 is 24.5 Å². The van der Waals surface area contributed by atoms with Crippen LogP contribution in [0.2, 0.25) is 0 Å². The second kappa shape index (κ2) is 5.85. The van der Waals surface area contributed by atoms with E-state index < -0.39 is 18.3 Å². The van der Waals surface area contributed by atoms with Gasteiger partial charge in [-0.25, -0.2) is 0 Å². The molecule has 1 saturated heterocycles. The molecular formula is C22H30O5. The fourth-order valence-electron chi connectivity index (χ4n) is 6.37. The molecule has 0 aromatic carbocycles. The van der Waals surface area contributed by atoms with Gasteiger partial charge in [-0.15, -0.1) is 0 Å². The highest BCUT2D eigenvalue weighted by molar-refractivity contribution is 6.18. The molecule has 0 spiro atoms. The Bertz CT molecular complexity index is 750. The van der Waals surface area contributed by atoms with Gasteiger partial charge < -0.3 is 14.9 Å². The molecule has 27 heavy (non-hydrogen) atoms. The maximum Gasteiger partial charge on any atom is 0.193 e. The third kappa shape index (κ3) is 2.48. The van der Waals surface area contributed by atoms with Crippen LogP contribution in [0.25, 0.3) is 0 Å². The number of carbonyl (C=O) groups excluding carboxylic acids is 2. The van der Waals surface area contributed by atoms with E-state index in [0.717, 1.165) is 31.3 Å². The molecule has 2 N–H and O–H groups in total. The molecule has 0 radical (unpaired) electrons. The van der Waals surface area contributed by atoms with E-state index in [1.807, 2.05) is 0 Å². The molecule has 3 fully saturated rings. The Labute approximate surface area is 160 Å². The van der Waals surface area contributed by atoms with E-state index >= 15 is 0 Å². The molecule has 6 atom stereocenters. The Morgan fingerprint density at radius 2 is 1.96 bits per heavy atom. The zero-order valence-electron chi connectivity index (χ0n) is 16.5. The van der Waals surface area contributed by atoms with E-state index in [2.05, 4.69) is 27.4 Å². The van der Waals surface area contributed by atoms with Gasteiger partial charge in [0.15, 0.2) is 23.3 Å². The van der Waals surface area contributed by atoms with Crippen molar-refractivity contribution in [3.05, 3.63) is 23.8 Å². The van der Waals surface area contributed by atoms with Gasteiger partial charge in [0.25, 0.3) is 0 Å². The summed E-state index contributed by atoms with van der Waals surface area (Å²) in [6, 6.07) is 0. The summed E-state index contributed by atoms with van der Waals surface area (Å²) in [6.45, 7) is 10.4. The summed E-state index contributed by atoms with van der Waals surface area (Å²) in [5, 5.41) is 19.9. The zero-order chi connectivity index (χ0) is 19.8. The average molecular weight is 374 g/mol. The minimum absolute atomic E-state index is 0.0758. The van der Waals surface area contributed by atoms with Gasteiger partial charge in [-0.2, -0.15) is 0 Å².